The second kappa shape index (κ2) is 6.77. The van der Waals surface area contributed by atoms with Crippen LogP contribution in [0.3, 0.4) is 0 Å². The highest BCUT2D eigenvalue weighted by Crippen LogP contribution is 2.35. The van der Waals surface area contributed by atoms with E-state index in [0.717, 1.165) is 40.5 Å². The molecule has 1 fully saturated rings. The van der Waals surface area contributed by atoms with E-state index < -0.39 is 0 Å². The van der Waals surface area contributed by atoms with Crippen LogP contribution in [0.5, 0.6) is 0 Å². The van der Waals surface area contributed by atoms with Crippen LogP contribution in [0.4, 0.5) is 0 Å². The van der Waals surface area contributed by atoms with Crippen molar-refractivity contribution in [2.45, 2.75) is 58.0 Å². The first-order valence-corrected chi connectivity index (χ1v) is 9.94. The molecule has 23 heavy (non-hydrogen) atoms. The fraction of sp³-hybridized carbons (Fsp3) is 0.588. The van der Waals surface area contributed by atoms with Gasteiger partial charge in [0.05, 0.1) is 5.75 Å². The van der Waals surface area contributed by atoms with Gasteiger partial charge in [0.25, 0.3) is 0 Å². The highest BCUT2D eigenvalue weighted by molar-refractivity contribution is 8.00. The number of thiophene rings is 1. The zero-order chi connectivity index (χ0) is 16.6. The minimum atomic E-state index is 0.233. The molecule has 0 bridgehead atoms. The van der Waals surface area contributed by atoms with Crippen LogP contribution in [0.2, 0.25) is 0 Å². The zero-order valence-corrected chi connectivity index (χ0v) is 15.8. The van der Waals surface area contributed by atoms with Crippen molar-refractivity contribution < 1.29 is 4.79 Å². The van der Waals surface area contributed by atoms with Crippen LogP contribution >= 0.6 is 23.1 Å². The van der Waals surface area contributed by atoms with E-state index in [1.165, 1.54) is 16.9 Å². The maximum Gasteiger partial charge on any atom is 0.233 e. The maximum absolute atomic E-state index is 12.6. The van der Waals surface area contributed by atoms with Gasteiger partial charge in [-0.2, -0.15) is 0 Å². The van der Waals surface area contributed by atoms with Gasteiger partial charge < -0.3 is 4.90 Å². The van der Waals surface area contributed by atoms with E-state index in [-0.39, 0.29) is 5.91 Å². The fourth-order valence-electron chi connectivity index (χ4n) is 3.10. The molecular formula is C17H23N3OS2. The first-order valence-electron chi connectivity index (χ1n) is 8.14. The van der Waals surface area contributed by atoms with Crippen LogP contribution in [0.15, 0.2) is 5.03 Å². The highest BCUT2D eigenvalue weighted by Gasteiger charge is 2.23. The van der Waals surface area contributed by atoms with Crippen LogP contribution in [0.25, 0.3) is 10.2 Å². The normalized spacial score (nSPS) is 18.6. The second-order valence-corrected chi connectivity index (χ2v) is 8.43. The molecule has 1 aliphatic heterocycles. The van der Waals surface area contributed by atoms with Gasteiger partial charge in [-0.3, -0.25) is 4.79 Å². The van der Waals surface area contributed by atoms with Gasteiger partial charge in [0.15, 0.2) is 0 Å². The molecule has 0 unspecified atom stereocenters. The van der Waals surface area contributed by atoms with E-state index in [2.05, 4.69) is 30.7 Å². The summed E-state index contributed by atoms with van der Waals surface area (Å²) in [6, 6.07) is 0.370. The van der Waals surface area contributed by atoms with Gasteiger partial charge in [-0.1, -0.05) is 11.8 Å². The second-order valence-electron chi connectivity index (χ2n) is 6.26. The molecule has 0 aliphatic carbocycles. The van der Waals surface area contributed by atoms with Crippen molar-refractivity contribution in [1.29, 1.82) is 0 Å². The van der Waals surface area contributed by atoms with E-state index in [1.807, 2.05) is 11.8 Å². The summed E-state index contributed by atoms with van der Waals surface area (Å²) in [4.78, 5) is 26.0. The predicted molar refractivity (Wildman–Crippen MR) is 97.4 cm³/mol. The zero-order valence-electron chi connectivity index (χ0n) is 14.2. The lowest BCUT2D eigenvalue weighted by atomic mass is 10.0. The minimum absolute atomic E-state index is 0.233. The summed E-state index contributed by atoms with van der Waals surface area (Å²) in [5.74, 6) is 1.47. The number of rotatable bonds is 3. The van der Waals surface area contributed by atoms with Crippen LogP contribution in [0, 0.1) is 20.8 Å². The molecule has 2 aromatic heterocycles. The number of nitrogens with zero attached hydrogens (tertiary/aromatic N) is 3. The SMILES string of the molecule is Cc1nc(SCC(=O)N2CCCC[C@@H]2C)c2c(C)c(C)sc2n1. The summed E-state index contributed by atoms with van der Waals surface area (Å²) in [7, 11) is 0. The summed E-state index contributed by atoms with van der Waals surface area (Å²) in [5.41, 5.74) is 1.24. The molecule has 2 aromatic rings. The van der Waals surface area contributed by atoms with E-state index in [9.17, 15) is 4.79 Å². The average Bonchev–Trinajstić information content (AvgIpc) is 2.79. The number of aryl methyl sites for hydroxylation is 3. The van der Waals surface area contributed by atoms with Crippen LogP contribution in [-0.2, 0) is 4.79 Å². The molecule has 1 amide bonds. The molecule has 6 heteroatoms. The third-order valence-electron chi connectivity index (χ3n) is 4.56. The van der Waals surface area contributed by atoms with E-state index in [4.69, 9.17) is 0 Å². The Morgan fingerprint density at radius 3 is 2.83 bits per heavy atom. The number of thioether (sulfide) groups is 1. The number of carbonyl (C=O) groups is 1. The van der Waals surface area contributed by atoms with Crippen molar-refractivity contribution in [2.75, 3.05) is 12.3 Å². The average molecular weight is 350 g/mol. The molecule has 1 atom stereocenters. The van der Waals surface area contributed by atoms with Gasteiger partial charge in [-0.25, -0.2) is 9.97 Å². The molecule has 1 saturated heterocycles. The number of fused-ring (bicyclic) bond motifs is 1. The van der Waals surface area contributed by atoms with Crippen molar-refractivity contribution in [3.8, 4) is 0 Å². The number of hydrogen-bond acceptors (Lipinski definition) is 5. The van der Waals surface area contributed by atoms with Gasteiger partial charge in [-0.15, -0.1) is 11.3 Å². The summed E-state index contributed by atoms with van der Waals surface area (Å²) in [5, 5.41) is 2.08. The molecule has 0 saturated carbocycles. The molecule has 3 rings (SSSR count). The molecule has 0 spiro atoms. The van der Waals surface area contributed by atoms with Crippen LogP contribution in [-0.4, -0.2) is 39.1 Å². The summed E-state index contributed by atoms with van der Waals surface area (Å²) < 4.78 is 0. The largest absolute Gasteiger partial charge is 0.339 e. The number of hydrogen-bond donors (Lipinski definition) is 0. The Kier molecular flexibility index (Phi) is 4.92. The third kappa shape index (κ3) is 3.38. The van der Waals surface area contributed by atoms with Gasteiger partial charge in [-0.05, 0) is 52.5 Å². The van der Waals surface area contributed by atoms with E-state index in [0.29, 0.717) is 11.8 Å². The number of amides is 1. The van der Waals surface area contributed by atoms with E-state index >= 15 is 0 Å². The van der Waals surface area contributed by atoms with Crippen molar-refractivity contribution in [3.63, 3.8) is 0 Å². The smallest absolute Gasteiger partial charge is 0.233 e. The summed E-state index contributed by atoms with van der Waals surface area (Å²) in [6.45, 7) is 9.20. The Labute approximate surface area is 145 Å². The Balaban J connectivity index is 1.80. The van der Waals surface area contributed by atoms with Gasteiger partial charge >= 0.3 is 0 Å². The Hall–Kier alpha value is -1.14. The maximum atomic E-state index is 12.6. The van der Waals surface area contributed by atoms with Gasteiger partial charge in [0.2, 0.25) is 5.91 Å². The molecule has 0 N–H and O–H groups in total. The molecular weight excluding hydrogens is 326 g/mol. The summed E-state index contributed by atoms with van der Waals surface area (Å²) >= 11 is 3.27. The monoisotopic (exact) mass is 349 g/mol. The predicted octanol–water partition coefficient (Wildman–Crippen LogP) is 4.11. The van der Waals surface area contributed by atoms with Crippen LogP contribution in [0.1, 0.15) is 42.5 Å². The number of piperidine rings is 1. The first-order chi connectivity index (χ1) is 11.0. The van der Waals surface area contributed by atoms with Crippen molar-refractivity contribution in [1.82, 2.24) is 14.9 Å². The van der Waals surface area contributed by atoms with E-state index in [1.54, 1.807) is 23.1 Å². The summed E-state index contributed by atoms with van der Waals surface area (Å²) in [6.07, 6.45) is 3.48. The topological polar surface area (TPSA) is 46.1 Å². The van der Waals surface area contributed by atoms with Crippen LogP contribution < -0.4 is 0 Å². The Bertz CT molecular complexity index is 741. The molecule has 0 radical (unpaired) electrons. The lowest BCUT2D eigenvalue weighted by molar-refractivity contribution is -0.131. The van der Waals surface area contributed by atoms with Gasteiger partial charge in [0.1, 0.15) is 15.7 Å². The lowest BCUT2D eigenvalue weighted by Crippen LogP contribution is -2.42. The molecule has 1 aliphatic rings. The molecule has 124 valence electrons. The van der Waals surface area contributed by atoms with Crippen molar-refractivity contribution >= 4 is 39.2 Å². The van der Waals surface area contributed by atoms with Gasteiger partial charge in [0, 0.05) is 22.8 Å². The number of carbonyl (C=O) groups excluding carboxylic acids is 1. The third-order valence-corrected chi connectivity index (χ3v) is 6.62. The van der Waals surface area contributed by atoms with Crippen molar-refractivity contribution in [3.05, 3.63) is 16.3 Å². The fourth-order valence-corrected chi connectivity index (χ4v) is 5.26. The number of likely N-dealkylation sites (tertiary alicyclic amines) is 1. The standard InChI is InChI=1S/C17H23N3OS2/c1-10-7-5-6-8-20(10)14(21)9-22-16-15-11(2)12(3)23-17(15)19-13(4)18-16/h10H,5-9H2,1-4H3/t10-/m0/s1. The number of aromatic nitrogens is 2. The molecule has 4 nitrogen and oxygen atoms in total. The lowest BCUT2D eigenvalue weighted by Gasteiger charge is -2.33. The highest BCUT2D eigenvalue weighted by atomic mass is 32.2. The Morgan fingerprint density at radius 2 is 2.09 bits per heavy atom. The molecule has 3 heterocycles. The quantitative estimate of drug-likeness (QED) is 0.618. The first kappa shape index (κ1) is 16.7. The molecule has 0 aromatic carbocycles. The van der Waals surface area contributed by atoms with Crippen molar-refractivity contribution in [2.24, 2.45) is 0 Å². The Morgan fingerprint density at radius 1 is 1.30 bits per heavy atom. The minimum Gasteiger partial charge on any atom is -0.339 e.